The molecule has 7 nitrogen and oxygen atoms in total. The van der Waals surface area contributed by atoms with Crippen molar-refractivity contribution in [3.8, 4) is 0 Å². The zero-order valence-corrected chi connectivity index (χ0v) is 13.0. The predicted molar refractivity (Wildman–Crippen MR) is 76.0 cm³/mol. The molecule has 1 atom stereocenters. The molecule has 0 bridgehead atoms. The molecule has 2 rings (SSSR count). The average Bonchev–Trinajstić information content (AvgIpc) is 2.94. The van der Waals surface area contributed by atoms with Crippen LogP contribution >= 0.6 is 11.8 Å². The molecular formula is C13H19N3O4S. The molecule has 0 saturated carbocycles. The second-order valence-electron chi connectivity index (χ2n) is 4.97. The third-order valence-corrected chi connectivity index (χ3v) is 3.99. The number of nitrogens with zero attached hydrogens (tertiary/aromatic N) is 3. The monoisotopic (exact) mass is 313 g/mol. The molecule has 21 heavy (non-hydrogen) atoms. The standard InChI is InChI=1S/C13H19N3O4S/c1-3-19-12(18)11-14-15-13(20-11)21-8-10(17)16-6-4-5-9(2)7-16/h9H,3-8H2,1-2H3. The number of thioether (sulfide) groups is 1. The van der Waals surface area contributed by atoms with Crippen LogP contribution in [0, 0.1) is 5.92 Å². The fourth-order valence-electron chi connectivity index (χ4n) is 2.17. The van der Waals surface area contributed by atoms with E-state index < -0.39 is 5.97 Å². The highest BCUT2D eigenvalue weighted by Crippen LogP contribution is 2.20. The Kier molecular flexibility index (Phi) is 5.60. The van der Waals surface area contributed by atoms with Crippen molar-refractivity contribution in [3.63, 3.8) is 0 Å². The number of aromatic nitrogens is 2. The summed E-state index contributed by atoms with van der Waals surface area (Å²) in [4.78, 5) is 25.3. The first-order chi connectivity index (χ1) is 10.1. The molecule has 0 spiro atoms. The number of amides is 1. The molecule has 1 saturated heterocycles. The average molecular weight is 313 g/mol. The number of rotatable bonds is 5. The van der Waals surface area contributed by atoms with Crippen molar-refractivity contribution in [1.82, 2.24) is 15.1 Å². The SMILES string of the molecule is CCOC(=O)c1nnc(SCC(=O)N2CCCC(C)C2)o1. The van der Waals surface area contributed by atoms with Gasteiger partial charge in [-0.05, 0) is 25.7 Å². The summed E-state index contributed by atoms with van der Waals surface area (Å²) < 4.78 is 9.91. The van der Waals surface area contributed by atoms with Crippen LogP contribution in [-0.2, 0) is 9.53 Å². The van der Waals surface area contributed by atoms with Gasteiger partial charge in [0.15, 0.2) is 0 Å². The Hall–Kier alpha value is -1.57. The Morgan fingerprint density at radius 1 is 1.48 bits per heavy atom. The molecule has 2 heterocycles. The minimum Gasteiger partial charge on any atom is -0.459 e. The molecule has 1 aliphatic heterocycles. The molecule has 8 heteroatoms. The van der Waals surface area contributed by atoms with Gasteiger partial charge in [-0.2, -0.15) is 0 Å². The van der Waals surface area contributed by atoms with Gasteiger partial charge in [-0.3, -0.25) is 4.79 Å². The molecule has 116 valence electrons. The smallest absolute Gasteiger partial charge is 0.396 e. The molecular weight excluding hydrogens is 294 g/mol. The summed E-state index contributed by atoms with van der Waals surface area (Å²) >= 11 is 1.14. The number of piperidine rings is 1. The first kappa shape index (κ1) is 15.8. The van der Waals surface area contributed by atoms with Crippen molar-refractivity contribution >= 4 is 23.6 Å². The van der Waals surface area contributed by atoms with Gasteiger partial charge in [-0.15, -0.1) is 5.10 Å². The van der Waals surface area contributed by atoms with E-state index in [9.17, 15) is 9.59 Å². The molecule has 0 aliphatic carbocycles. The normalized spacial score (nSPS) is 18.6. The Morgan fingerprint density at radius 2 is 2.29 bits per heavy atom. The summed E-state index contributed by atoms with van der Waals surface area (Å²) in [6.45, 7) is 5.70. The number of likely N-dealkylation sites (tertiary alicyclic amines) is 1. The summed E-state index contributed by atoms with van der Waals surface area (Å²) in [6, 6.07) is 0. The van der Waals surface area contributed by atoms with Gasteiger partial charge in [0.2, 0.25) is 5.91 Å². The van der Waals surface area contributed by atoms with E-state index in [0.717, 1.165) is 31.3 Å². The van der Waals surface area contributed by atoms with E-state index in [0.29, 0.717) is 5.92 Å². The third kappa shape index (κ3) is 4.45. The Bertz CT molecular complexity index is 505. The van der Waals surface area contributed by atoms with Gasteiger partial charge in [0.05, 0.1) is 12.4 Å². The highest BCUT2D eigenvalue weighted by atomic mass is 32.2. The second-order valence-corrected chi connectivity index (χ2v) is 5.90. The van der Waals surface area contributed by atoms with E-state index in [1.807, 2.05) is 4.90 Å². The van der Waals surface area contributed by atoms with E-state index in [1.165, 1.54) is 6.42 Å². The fourth-order valence-corrected chi connectivity index (χ4v) is 2.84. The maximum absolute atomic E-state index is 12.1. The van der Waals surface area contributed by atoms with Gasteiger partial charge < -0.3 is 14.1 Å². The maximum Gasteiger partial charge on any atom is 0.396 e. The van der Waals surface area contributed by atoms with Gasteiger partial charge in [0.1, 0.15) is 0 Å². The summed E-state index contributed by atoms with van der Waals surface area (Å²) in [6.07, 6.45) is 2.22. The molecule has 1 aliphatic rings. The minimum absolute atomic E-state index is 0.0578. The lowest BCUT2D eigenvalue weighted by Crippen LogP contribution is -2.40. The molecule has 0 aromatic carbocycles. The zero-order valence-electron chi connectivity index (χ0n) is 12.2. The second kappa shape index (κ2) is 7.44. The van der Waals surface area contributed by atoms with Crippen LogP contribution < -0.4 is 0 Å². The Labute approximate surface area is 127 Å². The quantitative estimate of drug-likeness (QED) is 0.603. The van der Waals surface area contributed by atoms with Crippen molar-refractivity contribution in [3.05, 3.63) is 5.89 Å². The van der Waals surface area contributed by atoms with E-state index in [4.69, 9.17) is 9.15 Å². The molecule has 0 N–H and O–H groups in total. The number of carbonyl (C=O) groups excluding carboxylic acids is 2. The Morgan fingerprint density at radius 3 is 3.00 bits per heavy atom. The maximum atomic E-state index is 12.1. The first-order valence-corrected chi connectivity index (χ1v) is 8.00. The van der Waals surface area contributed by atoms with Crippen molar-refractivity contribution in [2.75, 3.05) is 25.4 Å². The van der Waals surface area contributed by atoms with Crippen molar-refractivity contribution in [1.29, 1.82) is 0 Å². The lowest BCUT2D eigenvalue weighted by atomic mass is 10.0. The number of hydrogen-bond donors (Lipinski definition) is 0. The predicted octanol–water partition coefficient (Wildman–Crippen LogP) is 1.60. The highest BCUT2D eigenvalue weighted by molar-refractivity contribution is 7.99. The molecule has 0 radical (unpaired) electrons. The van der Waals surface area contributed by atoms with Gasteiger partial charge in [-0.1, -0.05) is 23.8 Å². The van der Waals surface area contributed by atoms with Crippen LogP contribution in [0.4, 0.5) is 0 Å². The molecule has 1 fully saturated rings. The summed E-state index contributed by atoms with van der Waals surface area (Å²) in [5, 5.41) is 7.53. The van der Waals surface area contributed by atoms with Crippen LogP contribution in [0.2, 0.25) is 0 Å². The van der Waals surface area contributed by atoms with Gasteiger partial charge >= 0.3 is 11.9 Å². The molecule has 1 unspecified atom stereocenters. The van der Waals surface area contributed by atoms with Crippen LogP contribution in [0.3, 0.4) is 0 Å². The van der Waals surface area contributed by atoms with Crippen molar-refractivity contribution in [2.45, 2.75) is 31.9 Å². The lowest BCUT2D eigenvalue weighted by Gasteiger charge is -2.30. The molecule has 1 amide bonds. The largest absolute Gasteiger partial charge is 0.459 e. The van der Waals surface area contributed by atoms with Crippen LogP contribution in [0.15, 0.2) is 9.64 Å². The van der Waals surface area contributed by atoms with Gasteiger partial charge in [0, 0.05) is 13.1 Å². The first-order valence-electron chi connectivity index (χ1n) is 7.01. The zero-order chi connectivity index (χ0) is 15.2. The van der Waals surface area contributed by atoms with Crippen LogP contribution in [-0.4, -0.2) is 52.4 Å². The van der Waals surface area contributed by atoms with E-state index >= 15 is 0 Å². The molecule has 1 aromatic heterocycles. The topological polar surface area (TPSA) is 85.5 Å². The van der Waals surface area contributed by atoms with E-state index in [-0.39, 0.29) is 29.4 Å². The number of carbonyl (C=O) groups is 2. The Balaban J connectivity index is 1.82. The summed E-state index contributed by atoms with van der Waals surface area (Å²) in [5.74, 6) is 0.0114. The third-order valence-electron chi connectivity index (χ3n) is 3.19. The summed E-state index contributed by atoms with van der Waals surface area (Å²) in [7, 11) is 0. The number of esters is 1. The van der Waals surface area contributed by atoms with Crippen LogP contribution in [0.1, 0.15) is 37.4 Å². The summed E-state index contributed by atoms with van der Waals surface area (Å²) in [5.41, 5.74) is 0. The number of hydrogen-bond acceptors (Lipinski definition) is 7. The minimum atomic E-state index is -0.645. The van der Waals surface area contributed by atoms with Gasteiger partial charge in [-0.25, -0.2) is 4.79 Å². The van der Waals surface area contributed by atoms with E-state index in [2.05, 4.69) is 17.1 Å². The van der Waals surface area contributed by atoms with E-state index in [1.54, 1.807) is 6.92 Å². The van der Waals surface area contributed by atoms with Crippen LogP contribution in [0.5, 0.6) is 0 Å². The fraction of sp³-hybridized carbons (Fsp3) is 0.692. The molecule has 1 aromatic rings. The lowest BCUT2D eigenvalue weighted by molar-refractivity contribution is -0.130. The van der Waals surface area contributed by atoms with Crippen LogP contribution in [0.25, 0.3) is 0 Å². The number of ether oxygens (including phenoxy) is 1. The van der Waals surface area contributed by atoms with Crippen molar-refractivity contribution < 1.29 is 18.7 Å². The van der Waals surface area contributed by atoms with Crippen molar-refractivity contribution in [2.24, 2.45) is 5.92 Å². The van der Waals surface area contributed by atoms with Gasteiger partial charge in [0.25, 0.3) is 5.22 Å². The highest BCUT2D eigenvalue weighted by Gasteiger charge is 2.22.